The van der Waals surface area contributed by atoms with Gasteiger partial charge in [0.05, 0.1) is 12.1 Å². The second-order valence-electron chi connectivity index (χ2n) is 5.46. The molecule has 0 spiro atoms. The van der Waals surface area contributed by atoms with Crippen LogP contribution in [-0.4, -0.2) is 28.0 Å². The summed E-state index contributed by atoms with van der Waals surface area (Å²) >= 11 is 0. The van der Waals surface area contributed by atoms with Crippen LogP contribution in [0.25, 0.3) is 11.3 Å². The highest BCUT2D eigenvalue weighted by Crippen LogP contribution is 2.26. The van der Waals surface area contributed by atoms with Crippen LogP contribution in [0.1, 0.15) is 29.6 Å². The molecule has 1 aromatic carbocycles. The Kier molecular flexibility index (Phi) is 3.91. The zero-order valence-electron chi connectivity index (χ0n) is 11.9. The van der Waals surface area contributed by atoms with Gasteiger partial charge in [-0.2, -0.15) is 0 Å². The first-order valence-corrected chi connectivity index (χ1v) is 7.16. The third kappa shape index (κ3) is 3.00. The molecule has 1 aliphatic rings. The zero-order chi connectivity index (χ0) is 15.5. The number of benzene rings is 1. The van der Waals surface area contributed by atoms with Crippen molar-refractivity contribution in [2.45, 2.75) is 25.3 Å². The summed E-state index contributed by atoms with van der Waals surface area (Å²) in [5, 5.41) is 11.9. The number of nitrogens with one attached hydrogen (secondary N) is 1. The highest BCUT2D eigenvalue weighted by atomic mass is 16.4. The predicted molar refractivity (Wildman–Crippen MR) is 78.2 cm³/mol. The van der Waals surface area contributed by atoms with Gasteiger partial charge in [-0.05, 0) is 31.4 Å². The van der Waals surface area contributed by atoms with Gasteiger partial charge < -0.3 is 14.8 Å². The minimum Gasteiger partial charge on any atom is -0.481 e. The Hall–Kier alpha value is -2.63. The smallest absolute Gasteiger partial charge is 0.306 e. The lowest BCUT2D eigenvalue weighted by Gasteiger charge is -2.12. The zero-order valence-corrected chi connectivity index (χ0v) is 11.9. The molecule has 0 saturated heterocycles. The standard InChI is InChI=1S/C16H16N2O4/c19-15(18-13-6-5-12(7-13)16(20)21)11-3-1-10(2-4-11)14-8-17-9-22-14/h1-4,8-9,12-13H,5-7H2,(H,18,19)(H,20,21)/t12-,13+/m0/s1. The summed E-state index contributed by atoms with van der Waals surface area (Å²) in [6, 6.07) is 6.96. The van der Waals surface area contributed by atoms with E-state index >= 15 is 0 Å². The molecular formula is C16H16N2O4. The van der Waals surface area contributed by atoms with Gasteiger partial charge in [-0.25, -0.2) is 4.98 Å². The summed E-state index contributed by atoms with van der Waals surface area (Å²) in [7, 11) is 0. The molecule has 2 atom stereocenters. The number of aromatic nitrogens is 1. The average molecular weight is 300 g/mol. The molecule has 1 heterocycles. The fraction of sp³-hybridized carbons (Fsp3) is 0.312. The third-order valence-corrected chi connectivity index (χ3v) is 3.98. The van der Waals surface area contributed by atoms with E-state index in [0.717, 1.165) is 5.56 Å². The van der Waals surface area contributed by atoms with Crippen molar-refractivity contribution in [3.05, 3.63) is 42.4 Å². The van der Waals surface area contributed by atoms with Gasteiger partial charge in [-0.15, -0.1) is 0 Å². The van der Waals surface area contributed by atoms with Crippen LogP contribution < -0.4 is 5.32 Å². The van der Waals surface area contributed by atoms with Gasteiger partial charge in [0.15, 0.2) is 12.2 Å². The number of nitrogens with zero attached hydrogens (tertiary/aromatic N) is 1. The molecule has 0 unspecified atom stereocenters. The SMILES string of the molecule is O=C(N[C@@H]1CC[C@H](C(=O)O)C1)c1ccc(-c2cnco2)cc1. The minimum absolute atomic E-state index is 0.0671. The van der Waals surface area contributed by atoms with Crippen molar-refractivity contribution in [2.24, 2.45) is 5.92 Å². The monoisotopic (exact) mass is 300 g/mol. The van der Waals surface area contributed by atoms with Gasteiger partial charge in [-0.1, -0.05) is 12.1 Å². The van der Waals surface area contributed by atoms with E-state index in [1.165, 1.54) is 6.39 Å². The highest BCUT2D eigenvalue weighted by Gasteiger charge is 2.30. The maximum atomic E-state index is 12.2. The van der Waals surface area contributed by atoms with Gasteiger partial charge in [-0.3, -0.25) is 9.59 Å². The molecule has 6 heteroatoms. The van der Waals surface area contributed by atoms with Crippen LogP contribution in [0.15, 0.2) is 41.3 Å². The van der Waals surface area contributed by atoms with Crippen molar-refractivity contribution < 1.29 is 19.1 Å². The second kappa shape index (κ2) is 6.01. The van der Waals surface area contributed by atoms with E-state index in [-0.39, 0.29) is 17.9 Å². The van der Waals surface area contributed by atoms with E-state index in [0.29, 0.717) is 30.6 Å². The Balaban J connectivity index is 1.62. The number of carbonyl (C=O) groups is 2. The van der Waals surface area contributed by atoms with Crippen molar-refractivity contribution in [1.29, 1.82) is 0 Å². The topological polar surface area (TPSA) is 92.4 Å². The largest absolute Gasteiger partial charge is 0.481 e. The Morgan fingerprint density at radius 1 is 1.23 bits per heavy atom. The van der Waals surface area contributed by atoms with Crippen molar-refractivity contribution in [2.75, 3.05) is 0 Å². The summed E-state index contributed by atoms with van der Waals surface area (Å²) in [5.74, 6) is -0.667. The van der Waals surface area contributed by atoms with E-state index in [9.17, 15) is 9.59 Å². The quantitative estimate of drug-likeness (QED) is 0.904. The number of amides is 1. The normalized spacial score (nSPS) is 20.7. The van der Waals surface area contributed by atoms with Crippen molar-refractivity contribution in [1.82, 2.24) is 10.3 Å². The van der Waals surface area contributed by atoms with Crippen LogP contribution in [-0.2, 0) is 4.79 Å². The number of aliphatic carboxylic acids is 1. The summed E-state index contributed by atoms with van der Waals surface area (Å²) < 4.78 is 5.19. The molecule has 6 nitrogen and oxygen atoms in total. The van der Waals surface area contributed by atoms with Crippen molar-refractivity contribution in [3.8, 4) is 11.3 Å². The highest BCUT2D eigenvalue weighted by molar-refractivity contribution is 5.94. The average Bonchev–Trinajstić information content (AvgIpc) is 3.19. The second-order valence-corrected chi connectivity index (χ2v) is 5.46. The summed E-state index contributed by atoms with van der Waals surface area (Å²) in [6.45, 7) is 0. The fourth-order valence-electron chi connectivity index (χ4n) is 2.75. The molecule has 1 aromatic heterocycles. The van der Waals surface area contributed by atoms with Crippen molar-refractivity contribution >= 4 is 11.9 Å². The number of hydrogen-bond donors (Lipinski definition) is 2. The first kappa shape index (κ1) is 14.3. The Morgan fingerprint density at radius 3 is 2.59 bits per heavy atom. The lowest BCUT2D eigenvalue weighted by Crippen LogP contribution is -2.33. The van der Waals surface area contributed by atoms with Gasteiger partial charge in [0.2, 0.25) is 0 Å². The molecule has 0 bridgehead atoms. The van der Waals surface area contributed by atoms with Crippen LogP contribution in [0.3, 0.4) is 0 Å². The molecule has 2 aromatic rings. The third-order valence-electron chi connectivity index (χ3n) is 3.98. The number of oxazole rings is 1. The number of carboxylic acids is 1. The molecule has 1 saturated carbocycles. The Morgan fingerprint density at radius 2 is 2.00 bits per heavy atom. The van der Waals surface area contributed by atoms with Crippen molar-refractivity contribution in [3.63, 3.8) is 0 Å². The van der Waals surface area contributed by atoms with Crippen LogP contribution in [0.4, 0.5) is 0 Å². The molecule has 114 valence electrons. The number of hydrogen-bond acceptors (Lipinski definition) is 4. The first-order chi connectivity index (χ1) is 10.6. The van der Waals surface area contributed by atoms with Gasteiger partial charge in [0, 0.05) is 17.2 Å². The Bertz CT molecular complexity index is 664. The van der Waals surface area contributed by atoms with E-state index in [2.05, 4.69) is 10.3 Å². The molecule has 2 N–H and O–H groups in total. The predicted octanol–water partition coefficient (Wildman–Crippen LogP) is 2.32. The molecular weight excluding hydrogens is 284 g/mol. The summed E-state index contributed by atoms with van der Waals surface area (Å²) in [5.41, 5.74) is 1.39. The van der Waals surface area contributed by atoms with Crippen LogP contribution in [0, 0.1) is 5.92 Å². The fourth-order valence-corrected chi connectivity index (χ4v) is 2.75. The number of rotatable bonds is 4. The summed E-state index contributed by atoms with van der Waals surface area (Å²) in [4.78, 5) is 27.0. The first-order valence-electron chi connectivity index (χ1n) is 7.16. The van der Waals surface area contributed by atoms with E-state index in [1.807, 2.05) is 0 Å². The lowest BCUT2D eigenvalue weighted by molar-refractivity contribution is -0.141. The molecule has 0 aliphatic heterocycles. The summed E-state index contributed by atoms with van der Waals surface area (Å²) in [6.07, 6.45) is 4.79. The van der Waals surface area contributed by atoms with Crippen LogP contribution in [0.2, 0.25) is 0 Å². The van der Waals surface area contributed by atoms with Gasteiger partial charge in [0.25, 0.3) is 5.91 Å². The molecule has 0 radical (unpaired) electrons. The van der Waals surface area contributed by atoms with E-state index < -0.39 is 5.97 Å². The molecule has 3 rings (SSSR count). The van der Waals surface area contributed by atoms with Crippen LogP contribution >= 0.6 is 0 Å². The molecule has 22 heavy (non-hydrogen) atoms. The maximum absolute atomic E-state index is 12.2. The van der Waals surface area contributed by atoms with Gasteiger partial charge >= 0.3 is 5.97 Å². The number of carbonyl (C=O) groups excluding carboxylic acids is 1. The minimum atomic E-state index is -0.784. The van der Waals surface area contributed by atoms with Gasteiger partial charge in [0.1, 0.15) is 0 Å². The van der Waals surface area contributed by atoms with E-state index in [4.69, 9.17) is 9.52 Å². The van der Waals surface area contributed by atoms with E-state index in [1.54, 1.807) is 30.5 Å². The molecule has 1 amide bonds. The molecule has 1 aliphatic carbocycles. The Labute approximate surface area is 127 Å². The van der Waals surface area contributed by atoms with Crippen LogP contribution in [0.5, 0.6) is 0 Å². The lowest BCUT2D eigenvalue weighted by atomic mass is 10.1. The number of carboxylic acid groups (broad SMARTS) is 1. The molecule has 1 fully saturated rings. The maximum Gasteiger partial charge on any atom is 0.306 e.